The minimum Gasteiger partial charge on any atom is -0.459 e. The Morgan fingerprint density at radius 1 is 0.943 bits per heavy atom. The number of hydrogen-bond donors (Lipinski definition) is 1. The zero-order valence-corrected chi connectivity index (χ0v) is 51.1. The second kappa shape index (κ2) is 26.8. The van der Waals surface area contributed by atoms with Gasteiger partial charge in [0.2, 0.25) is 0 Å². The van der Waals surface area contributed by atoms with E-state index in [0.29, 0.717) is 18.4 Å². The predicted octanol–water partition coefficient (Wildman–Crippen LogP) is 12.4. The van der Waals surface area contributed by atoms with Crippen molar-refractivity contribution in [1.29, 1.82) is 0 Å². The Balaban J connectivity index is 2.38. The summed E-state index contributed by atoms with van der Waals surface area (Å²) in [4.78, 5) is 32.8. The largest absolute Gasteiger partial charge is 0.459 e. The van der Waals surface area contributed by atoms with Gasteiger partial charge in [-0.3, -0.25) is 23.7 Å². The Bertz CT molecular complexity index is 1830. The summed E-state index contributed by atoms with van der Waals surface area (Å²) < 4.78 is 83.9. The van der Waals surface area contributed by atoms with Crippen LogP contribution in [0.3, 0.4) is 0 Å². The number of thioether (sulfide) groups is 1. The number of cyclic esters (lactones) is 1. The van der Waals surface area contributed by atoms with Crippen LogP contribution in [0.25, 0.3) is 0 Å². The molecule has 3 rings (SSSR count). The SMILES string of the molecule is CC[Si](CC)(CC)O[C@H]1[C@@H](C)CCC[C@]2(C)[C@H](C[C@@H](C(C)(O)C(c3cc(SC)n(C)n3)P(=O)(OCCF)OCCF)OC(=O)C[C@H](O[Si](CC)(CC)CC)C(C)(C)C(=O)[C@@H]1C)N2COCC[Si](C)(C)C. The van der Waals surface area contributed by atoms with E-state index in [1.807, 2.05) is 27.0 Å². The molecule has 3 unspecified atom stereocenters. The highest BCUT2D eigenvalue weighted by molar-refractivity contribution is 7.98. The monoisotopic (exact) mass is 1080 g/mol. The van der Waals surface area contributed by atoms with E-state index in [-0.39, 0.29) is 42.4 Å². The van der Waals surface area contributed by atoms with Crippen molar-refractivity contribution < 1.29 is 55.4 Å². The van der Waals surface area contributed by atoms with E-state index >= 15 is 14.2 Å². The molecule has 1 N–H and O–H groups in total. The quantitative estimate of drug-likeness (QED) is 0.0235. The van der Waals surface area contributed by atoms with Crippen LogP contribution in [0.15, 0.2) is 11.1 Å². The summed E-state index contributed by atoms with van der Waals surface area (Å²) in [5.74, 6) is -1.24. The van der Waals surface area contributed by atoms with Crippen LogP contribution in [0.2, 0.25) is 61.9 Å². The van der Waals surface area contributed by atoms with Crippen LogP contribution in [0.5, 0.6) is 0 Å². The summed E-state index contributed by atoms with van der Waals surface area (Å²) in [6.45, 7) is 28.9. The van der Waals surface area contributed by atoms with Gasteiger partial charge in [-0.15, -0.1) is 11.8 Å². The van der Waals surface area contributed by atoms with Gasteiger partial charge >= 0.3 is 13.6 Å². The molecule has 0 amide bonds. The first-order valence-electron chi connectivity index (χ1n) is 26.4. The standard InChI is InChI=1S/C50H96F2N3O10PSSi3/c1-18-69(19-2,20-3)64-41-35-44(56)63-42(50(12,58)47(39-33-43(67-14)54(13)53-39)66(59,61-29-27-51)62-30-28-52)34-40-49(11,55(40)36-60-31-32-68(15,16)17)26-24-25-37(7)45(38(8)46(57)48(41,9)10)65-70(21-4,22-5)23-6/h33,37-38,40-42,45,47,58H,18-32,34-36H2,1-17H3/t37-,38+,40-,41-,42-,45-,47?,49+,50?,55?/m0/s1. The number of fused-ring (bicyclic) bond motifs is 1. The number of Topliss-reactive ketones (excluding diaryl/α,β-unsaturated/α-hetero) is 1. The van der Waals surface area contributed by atoms with Crippen LogP contribution < -0.4 is 0 Å². The van der Waals surface area contributed by atoms with Crippen molar-refractivity contribution in [3.63, 3.8) is 0 Å². The fraction of sp³-hybridized carbons (Fsp3) is 0.900. The van der Waals surface area contributed by atoms with Crippen LogP contribution in [0.4, 0.5) is 8.78 Å². The molecule has 70 heavy (non-hydrogen) atoms. The van der Waals surface area contributed by atoms with Crippen molar-refractivity contribution in [2.75, 3.05) is 46.2 Å². The number of rotatable bonds is 26. The van der Waals surface area contributed by atoms with Crippen molar-refractivity contribution in [2.24, 2.45) is 24.3 Å². The average Bonchev–Trinajstić information content (AvgIpc) is 3.66. The normalized spacial score (nSPS) is 28.0. The van der Waals surface area contributed by atoms with Gasteiger partial charge in [0, 0.05) is 51.1 Å². The third-order valence-electron chi connectivity index (χ3n) is 16.4. The second-order valence-corrected chi connectivity index (χ2v) is 40.5. The Labute approximate surface area is 429 Å². The molecule has 20 heteroatoms. The number of aliphatic hydroxyl groups is 1. The molecule has 2 saturated heterocycles. The van der Waals surface area contributed by atoms with E-state index in [2.05, 4.69) is 85.0 Å². The summed E-state index contributed by atoms with van der Waals surface area (Å²) >= 11 is 1.36. The van der Waals surface area contributed by atoms with Gasteiger partial charge < -0.3 is 32.5 Å². The smallest absolute Gasteiger partial charge is 0.342 e. The molecule has 10 atom stereocenters. The minimum atomic E-state index is -4.71. The van der Waals surface area contributed by atoms with Crippen molar-refractivity contribution in [2.45, 2.75) is 223 Å². The lowest BCUT2D eigenvalue weighted by Gasteiger charge is -2.44. The summed E-state index contributed by atoms with van der Waals surface area (Å²) in [6, 6.07) is 7.48. The fourth-order valence-corrected chi connectivity index (χ4v) is 20.4. The average molecular weight is 1080 g/mol. The first-order valence-corrected chi connectivity index (χ1v) is 38.0. The molecule has 0 spiro atoms. The van der Waals surface area contributed by atoms with Crippen molar-refractivity contribution in [1.82, 2.24) is 14.7 Å². The number of hydrogen-bond acceptors (Lipinski definition) is 13. The molecule has 0 saturated carbocycles. The maximum atomic E-state index is 15.4. The van der Waals surface area contributed by atoms with Crippen LogP contribution in [0, 0.1) is 17.3 Å². The zero-order valence-electron chi connectivity index (χ0n) is 46.4. The molecule has 3 heterocycles. The van der Waals surface area contributed by atoms with Crippen LogP contribution in [0.1, 0.15) is 127 Å². The Morgan fingerprint density at radius 3 is 1.97 bits per heavy atom. The van der Waals surface area contributed by atoms with E-state index in [1.165, 1.54) is 18.7 Å². The van der Waals surface area contributed by atoms with Gasteiger partial charge in [-0.25, -0.2) is 8.78 Å². The molecular weight excluding hydrogens is 988 g/mol. The first kappa shape index (κ1) is 63.5. The first-order chi connectivity index (χ1) is 32.6. The Kier molecular flexibility index (Phi) is 24.3. The van der Waals surface area contributed by atoms with Gasteiger partial charge in [-0.1, -0.05) is 95.3 Å². The number of carbonyl (C=O) groups is 2. The summed E-state index contributed by atoms with van der Waals surface area (Å²) in [7, 11) is -9.15. The van der Waals surface area contributed by atoms with Gasteiger partial charge in [0.05, 0.1) is 49.3 Å². The van der Waals surface area contributed by atoms with Gasteiger partial charge in [0.15, 0.2) is 16.6 Å². The predicted molar refractivity (Wildman–Crippen MR) is 287 cm³/mol. The molecule has 0 aromatic carbocycles. The Morgan fingerprint density at radius 2 is 1.49 bits per heavy atom. The summed E-state index contributed by atoms with van der Waals surface area (Å²) in [5, 5.41) is 18.7. The lowest BCUT2D eigenvalue weighted by molar-refractivity contribution is -0.170. The molecule has 2 aliphatic rings. The topological polar surface area (TPSA) is 148 Å². The number of ketones is 1. The van der Waals surface area contributed by atoms with Gasteiger partial charge in [0.1, 0.15) is 36.5 Å². The summed E-state index contributed by atoms with van der Waals surface area (Å²) in [6.07, 6.45) is 1.29. The molecule has 1 aromatic rings. The summed E-state index contributed by atoms with van der Waals surface area (Å²) in [5.41, 5.74) is -5.50. The lowest BCUT2D eigenvalue weighted by atomic mass is 9.73. The Hall–Kier alpha value is -0.839. The van der Waals surface area contributed by atoms with E-state index in [1.54, 1.807) is 17.8 Å². The zero-order chi connectivity index (χ0) is 53.1. The van der Waals surface area contributed by atoms with Crippen LogP contribution >= 0.6 is 19.4 Å². The number of ether oxygens (including phenoxy) is 2. The van der Waals surface area contributed by atoms with E-state index in [4.69, 9.17) is 27.4 Å². The van der Waals surface area contributed by atoms with E-state index in [0.717, 1.165) is 61.6 Å². The number of carbonyl (C=O) groups excluding carboxylic acids is 2. The number of esters is 1. The highest BCUT2D eigenvalue weighted by Crippen LogP contribution is 2.66. The van der Waals surface area contributed by atoms with E-state index < -0.39 is 105 Å². The highest BCUT2D eigenvalue weighted by atomic mass is 32.2. The van der Waals surface area contributed by atoms with Gasteiger partial charge in [-0.05, 0) is 87.2 Å². The third-order valence-corrected chi connectivity index (χ3v) is 30.7. The molecule has 0 aliphatic carbocycles. The molecule has 2 fully saturated rings. The van der Waals surface area contributed by atoms with Crippen molar-refractivity contribution in [3.05, 3.63) is 11.8 Å². The van der Waals surface area contributed by atoms with Crippen LogP contribution in [-0.4, -0.2) is 138 Å². The number of aromatic nitrogens is 2. The number of aryl methyl sites for hydroxylation is 1. The van der Waals surface area contributed by atoms with E-state index in [9.17, 15) is 13.9 Å². The molecule has 0 bridgehead atoms. The van der Waals surface area contributed by atoms with Crippen LogP contribution in [-0.2, 0) is 48.6 Å². The highest BCUT2D eigenvalue weighted by Gasteiger charge is 2.63. The van der Waals surface area contributed by atoms with Gasteiger partial charge in [-0.2, -0.15) is 5.10 Å². The number of alkyl halides is 2. The lowest BCUT2D eigenvalue weighted by Crippen LogP contribution is -2.54. The molecule has 1 aromatic heterocycles. The third kappa shape index (κ3) is 15.4. The van der Waals surface area contributed by atoms with Crippen molar-refractivity contribution in [3.8, 4) is 0 Å². The van der Waals surface area contributed by atoms with Crippen molar-refractivity contribution >= 4 is 55.8 Å². The molecule has 2 aliphatic heterocycles. The molecule has 0 radical (unpaired) electrons. The second-order valence-electron chi connectivity index (χ2n) is 22.5. The number of nitrogens with zero attached hydrogens (tertiary/aromatic N) is 3. The minimum absolute atomic E-state index is 0.0303. The molecular formula is C50H96F2N3O10PSSi3. The van der Waals surface area contributed by atoms with Gasteiger partial charge in [0.25, 0.3) is 0 Å². The fourth-order valence-electron chi connectivity index (χ4n) is 10.9. The molecule has 13 nitrogen and oxygen atoms in total. The maximum absolute atomic E-state index is 15.4. The number of halogens is 2. The molecule has 408 valence electrons. The maximum Gasteiger partial charge on any atom is 0.342 e.